The van der Waals surface area contributed by atoms with Gasteiger partial charge in [-0.1, -0.05) is 11.6 Å². The third kappa shape index (κ3) is 12.2. The van der Waals surface area contributed by atoms with Gasteiger partial charge in [0.2, 0.25) is 4.80 Å². The first-order chi connectivity index (χ1) is 17.8. The van der Waals surface area contributed by atoms with Gasteiger partial charge in [0.05, 0.1) is 30.7 Å². The van der Waals surface area contributed by atoms with Crippen molar-refractivity contribution in [1.82, 2.24) is 20.0 Å². The van der Waals surface area contributed by atoms with Crippen LogP contribution in [0.4, 0.5) is 10.1 Å². The summed E-state index contributed by atoms with van der Waals surface area (Å²) in [4.78, 5) is 54.6. The smallest absolute Gasteiger partial charge is 0.339 e. The van der Waals surface area contributed by atoms with Gasteiger partial charge in [-0.15, -0.1) is 11.8 Å². The number of aliphatic carboxylic acids is 1. The van der Waals surface area contributed by atoms with Crippen LogP contribution in [-0.4, -0.2) is 76.0 Å². The molecule has 214 valence electrons. The molecule has 0 saturated carbocycles. The third-order valence-corrected chi connectivity index (χ3v) is 7.24. The molecule has 38 heavy (non-hydrogen) atoms. The SMILES string of the molecule is CNC.COC(=O)CSc1cc(N=c2sc(=O)n3n2CCCC3)c(F)cc1Cl.O=C(O)CNCP(=O)(O)O. The lowest BCUT2D eigenvalue weighted by molar-refractivity contribution is -0.137. The van der Waals surface area contributed by atoms with E-state index >= 15 is 0 Å². The first-order valence-electron chi connectivity index (χ1n) is 10.9. The summed E-state index contributed by atoms with van der Waals surface area (Å²) in [5, 5.41) is 13.0. The van der Waals surface area contributed by atoms with Crippen molar-refractivity contribution in [2.75, 3.05) is 39.8 Å². The van der Waals surface area contributed by atoms with Crippen LogP contribution < -0.4 is 20.3 Å². The van der Waals surface area contributed by atoms with Gasteiger partial charge in [-0.3, -0.25) is 28.9 Å². The third-order valence-electron chi connectivity index (χ3n) is 4.28. The van der Waals surface area contributed by atoms with E-state index in [1.807, 2.05) is 14.1 Å². The number of benzene rings is 1. The van der Waals surface area contributed by atoms with Crippen LogP contribution in [0.3, 0.4) is 0 Å². The zero-order valence-corrected chi connectivity index (χ0v) is 24.1. The van der Waals surface area contributed by atoms with Gasteiger partial charge >= 0.3 is 24.4 Å². The predicted octanol–water partition coefficient (Wildman–Crippen LogP) is 1.43. The van der Waals surface area contributed by atoms with Gasteiger partial charge in [0.25, 0.3) is 0 Å². The molecule has 0 spiro atoms. The van der Waals surface area contributed by atoms with Gasteiger partial charge in [0, 0.05) is 18.0 Å². The van der Waals surface area contributed by atoms with E-state index in [1.54, 1.807) is 9.36 Å². The molecule has 0 atom stereocenters. The number of halogens is 2. The van der Waals surface area contributed by atoms with E-state index in [-0.39, 0.29) is 21.3 Å². The number of ether oxygens (including phenoxy) is 1. The van der Waals surface area contributed by atoms with Gasteiger partial charge < -0.3 is 24.9 Å². The van der Waals surface area contributed by atoms with Crippen LogP contribution >= 0.6 is 42.3 Å². The largest absolute Gasteiger partial charge is 0.480 e. The molecule has 0 unspecified atom stereocenters. The van der Waals surface area contributed by atoms with Gasteiger partial charge in [-0.25, -0.2) is 14.1 Å². The number of carbonyl (C=O) groups is 2. The highest BCUT2D eigenvalue weighted by Gasteiger charge is 2.15. The Morgan fingerprint density at radius 2 is 1.87 bits per heavy atom. The van der Waals surface area contributed by atoms with Crippen LogP contribution in [0.15, 0.2) is 26.8 Å². The molecule has 0 radical (unpaired) electrons. The lowest BCUT2D eigenvalue weighted by Crippen LogP contribution is -2.31. The Morgan fingerprint density at radius 3 is 2.42 bits per heavy atom. The molecule has 3 rings (SSSR count). The van der Waals surface area contributed by atoms with Gasteiger partial charge in [0.1, 0.15) is 11.5 Å². The van der Waals surface area contributed by atoms with E-state index in [9.17, 15) is 23.3 Å². The standard InChI is InChI=1S/C15H15ClFN3O3S2.C3H8NO5P.C2H7N/c1-23-13(21)8-24-12-7-11(10(17)6-9(12)16)18-14-19-4-2-3-5-20(19)15(22)25-14;5-3(6)1-4-2-10(7,8)9;1-3-2/h6-7H,2-5,8H2,1H3;4H,1-2H2,(H,5,6)(H2,7,8,9);3H,1-2H3. The van der Waals surface area contributed by atoms with E-state index < -0.39 is 38.2 Å². The topological polar surface area (TPSA) is 184 Å². The molecule has 0 amide bonds. The zero-order valence-electron chi connectivity index (χ0n) is 20.8. The van der Waals surface area contributed by atoms with Crippen LogP contribution in [0.25, 0.3) is 0 Å². The monoisotopic (exact) mass is 617 g/mol. The minimum absolute atomic E-state index is 0.0605. The molecule has 18 heteroatoms. The van der Waals surface area contributed by atoms with Crippen molar-refractivity contribution in [3.8, 4) is 0 Å². The number of methoxy groups -OCH3 is 1. The number of carboxylic acid groups (broad SMARTS) is 1. The number of aromatic nitrogens is 2. The second-order valence-corrected chi connectivity index (χ2v) is 11.4. The lowest BCUT2D eigenvalue weighted by atomic mass is 10.3. The predicted molar refractivity (Wildman–Crippen MR) is 143 cm³/mol. The summed E-state index contributed by atoms with van der Waals surface area (Å²) in [6.07, 6.45) is 1.30. The molecule has 2 aromatic rings. The quantitative estimate of drug-likeness (QED) is 0.164. The van der Waals surface area contributed by atoms with E-state index in [1.165, 1.54) is 13.2 Å². The number of esters is 1. The highest BCUT2D eigenvalue weighted by atomic mass is 35.5. The minimum atomic E-state index is -4.10. The van der Waals surface area contributed by atoms with Crippen LogP contribution in [0.5, 0.6) is 0 Å². The first-order valence-corrected chi connectivity index (χ1v) is 14.9. The maximum Gasteiger partial charge on any atom is 0.339 e. The Labute approximate surface area is 230 Å². The molecule has 0 bridgehead atoms. The molecule has 1 aliphatic rings. The van der Waals surface area contributed by atoms with Crippen molar-refractivity contribution in [1.29, 1.82) is 0 Å². The summed E-state index contributed by atoms with van der Waals surface area (Å²) in [5.41, 5.74) is 0.0829. The van der Waals surface area contributed by atoms with E-state index in [2.05, 4.69) is 20.4 Å². The molecule has 1 aliphatic heterocycles. The fourth-order valence-corrected chi connectivity index (χ4v) is 5.13. The van der Waals surface area contributed by atoms with E-state index in [0.717, 1.165) is 42.0 Å². The van der Waals surface area contributed by atoms with Gasteiger partial charge in [-0.05, 0) is 50.4 Å². The minimum Gasteiger partial charge on any atom is -0.480 e. The van der Waals surface area contributed by atoms with E-state index in [0.29, 0.717) is 22.8 Å². The number of hydrogen-bond acceptors (Lipinski definition) is 10. The number of hydrogen-bond donors (Lipinski definition) is 5. The summed E-state index contributed by atoms with van der Waals surface area (Å²) < 4.78 is 32.3. The van der Waals surface area contributed by atoms with Gasteiger partial charge in [-0.2, -0.15) is 0 Å². The Bertz CT molecular complexity index is 1260. The Kier molecular flexibility index (Phi) is 15.0. The second kappa shape index (κ2) is 16.8. The number of thioether (sulfide) groups is 1. The molecule has 0 saturated heterocycles. The molecule has 0 aliphatic carbocycles. The van der Waals surface area contributed by atoms with E-state index in [4.69, 9.17) is 26.5 Å². The zero-order chi connectivity index (χ0) is 28.9. The fraction of sp³-hybridized carbons (Fsp3) is 0.500. The van der Waals surface area contributed by atoms with Crippen molar-refractivity contribution in [2.24, 2.45) is 4.99 Å². The Hall–Kier alpha value is -2.04. The highest BCUT2D eigenvalue weighted by Crippen LogP contribution is 2.33. The second-order valence-electron chi connectivity index (χ2n) is 7.46. The fourth-order valence-electron chi connectivity index (χ4n) is 2.74. The van der Waals surface area contributed by atoms with Gasteiger partial charge in [0.15, 0.2) is 0 Å². The lowest BCUT2D eigenvalue weighted by Gasteiger charge is -2.15. The van der Waals surface area contributed by atoms with Crippen molar-refractivity contribution >= 4 is 59.9 Å². The first kappa shape index (κ1) is 34.0. The Balaban J connectivity index is 0.000000467. The molecule has 13 nitrogen and oxygen atoms in total. The molecule has 1 aromatic heterocycles. The number of carboxylic acids is 1. The van der Waals surface area contributed by atoms with Crippen LogP contribution in [-0.2, 0) is 32.0 Å². The number of fused-ring (bicyclic) bond motifs is 1. The van der Waals surface area contributed by atoms with Crippen LogP contribution in [0, 0.1) is 5.82 Å². The average Bonchev–Trinajstić information content (AvgIpc) is 3.15. The van der Waals surface area contributed by atoms with Crippen LogP contribution in [0.1, 0.15) is 12.8 Å². The van der Waals surface area contributed by atoms with Crippen molar-refractivity contribution in [2.45, 2.75) is 30.8 Å². The normalized spacial score (nSPS) is 13.0. The van der Waals surface area contributed by atoms with Crippen molar-refractivity contribution in [3.05, 3.63) is 37.4 Å². The maximum absolute atomic E-state index is 14.3. The summed E-state index contributed by atoms with van der Waals surface area (Å²) >= 11 is 8.17. The number of nitrogens with zero attached hydrogens (tertiary/aromatic N) is 3. The summed E-state index contributed by atoms with van der Waals surface area (Å²) in [5.74, 6) is -2.07. The molecule has 2 heterocycles. The highest BCUT2D eigenvalue weighted by molar-refractivity contribution is 8.00. The van der Waals surface area contributed by atoms with Crippen molar-refractivity contribution in [3.63, 3.8) is 0 Å². The number of nitrogens with one attached hydrogen (secondary N) is 2. The molecular weight excluding hydrogens is 588 g/mol. The summed E-state index contributed by atoms with van der Waals surface area (Å²) in [7, 11) is 0.951. The molecule has 5 N–H and O–H groups in total. The molecule has 0 fully saturated rings. The molecular formula is C20H30ClFN5O8PS2. The van der Waals surface area contributed by atoms with Crippen LogP contribution in [0.2, 0.25) is 5.02 Å². The summed E-state index contributed by atoms with van der Waals surface area (Å²) in [6, 6.07) is 2.64. The number of rotatable bonds is 8. The maximum atomic E-state index is 14.3. The Morgan fingerprint density at radius 1 is 1.26 bits per heavy atom. The summed E-state index contributed by atoms with van der Waals surface area (Å²) in [6.45, 7) is 0.885. The van der Waals surface area contributed by atoms with Crippen molar-refractivity contribution < 1.29 is 38.2 Å². The molecule has 1 aromatic carbocycles. The number of carbonyl (C=O) groups excluding carboxylic acids is 1. The average molecular weight is 618 g/mol.